The van der Waals surface area contributed by atoms with Gasteiger partial charge in [0.15, 0.2) is 0 Å². The number of rotatable bonds is 3. The van der Waals surface area contributed by atoms with Crippen LogP contribution in [0.2, 0.25) is 0 Å². The summed E-state index contributed by atoms with van der Waals surface area (Å²) in [5, 5.41) is 0. The zero-order valence-corrected chi connectivity index (χ0v) is 14.2. The summed E-state index contributed by atoms with van der Waals surface area (Å²) >= 11 is 0. The lowest BCUT2D eigenvalue weighted by Crippen LogP contribution is -2.49. The number of aromatic nitrogens is 2. The van der Waals surface area contributed by atoms with Gasteiger partial charge in [0.25, 0.3) is 0 Å². The first kappa shape index (κ1) is 15.6. The van der Waals surface area contributed by atoms with Gasteiger partial charge in [-0.05, 0) is 32.8 Å². The Morgan fingerprint density at radius 1 is 1.30 bits per heavy atom. The second kappa shape index (κ2) is 5.72. The quantitative estimate of drug-likeness (QED) is 0.874. The average molecular weight is 313 g/mol. The van der Waals surface area contributed by atoms with Crippen molar-refractivity contribution in [2.75, 3.05) is 11.9 Å². The highest BCUT2D eigenvalue weighted by atomic mass is 16.5. The first-order valence-electron chi connectivity index (χ1n) is 7.91. The molecule has 2 aromatic rings. The molecular formula is C18H23N3O2. The standard InChI is InChI=1S/C18H23N3O2/c1-13-6-5-7-14(10-13)12-23-15-11-16-20(4)18(2,3)8-9-21(16)17(22)19-15/h5-7,10-11H,8-9,12H2,1-4H3. The van der Waals surface area contributed by atoms with Gasteiger partial charge < -0.3 is 9.64 Å². The lowest BCUT2D eigenvalue weighted by molar-refractivity contribution is 0.287. The molecule has 1 aromatic carbocycles. The second-order valence-electron chi connectivity index (χ2n) is 6.79. The minimum Gasteiger partial charge on any atom is -0.473 e. The third-order valence-electron chi connectivity index (χ3n) is 4.63. The van der Waals surface area contributed by atoms with Gasteiger partial charge in [0, 0.05) is 25.2 Å². The van der Waals surface area contributed by atoms with E-state index in [1.807, 2.05) is 38.2 Å². The van der Waals surface area contributed by atoms with Crippen molar-refractivity contribution in [3.8, 4) is 5.88 Å². The van der Waals surface area contributed by atoms with E-state index in [2.05, 4.69) is 29.8 Å². The van der Waals surface area contributed by atoms with E-state index >= 15 is 0 Å². The smallest absolute Gasteiger partial charge is 0.352 e. The van der Waals surface area contributed by atoms with Crippen molar-refractivity contribution < 1.29 is 4.74 Å². The van der Waals surface area contributed by atoms with Crippen molar-refractivity contribution in [3.63, 3.8) is 0 Å². The Labute approximate surface area is 136 Å². The summed E-state index contributed by atoms with van der Waals surface area (Å²) in [4.78, 5) is 18.4. The second-order valence-corrected chi connectivity index (χ2v) is 6.79. The fourth-order valence-corrected chi connectivity index (χ4v) is 2.86. The number of hydrogen-bond acceptors (Lipinski definition) is 4. The van der Waals surface area contributed by atoms with Crippen LogP contribution in [0.1, 0.15) is 31.4 Å². The topological polar surface area (TPSA) is 47.4 Å². The molecule has 23 heavy (non-hydrogen) atoms. The number of aryl methyl sites for hydroxylation is 1. The van der Waals surface area contributed by atoms with Crippen LogP contribution in [0.4, 0.5) is 5.82 Å². The van der Waals surface area contributed by atoms with E-state index in [0.29, 0.717) is 19.0 Å². The molecular weight excluding hydrogens is 290 g/mol. The van der Waals surface area contributed by atoms with Gasteiger partial charge in [-0.2, -0.15) is 4.98 Å². The van der Waals surface area contributed by atoms with E-state index in [1.165, 1.54) is 5.56 Å². The number of nitrogens with zero attached hydrogens (tertiary/aromatic N) is 3. The molecule has 122 valence electrons. The maximum Gasteiger partial charge on any atom is 0.352 e. The largest absolute Gasteiger partial charge is 0.473 e. The fourth-order valence-electron chi connectivity index (χ4n) is 2.86. The molecule has 0 N–H and O–H groups in total. The molecule has 0 unspecified atom stereocenters. The predicted octanol–water partition coefficient (Wildman–Crippen LogP) is 2.75. The Bertz CT molecular complexity index is 780. The lowest BCUT2D eigenvalue weighted by Gasteiger charge is -2.42. The summed E-state index contributed by atoms with van der Waals surface area (Å²) in [6, 6.07) is 9.98. The summed E-state index contributed by atoms with van der Waals surface area (Å²) in [6.45, 7) is 7.49. The van der Waals surface area contributed by atoms with Crippen LogP contribution in [0.25, 0.3) is 0 Å². The van der Waals surface area contributed by atoms with Crippen LogP contribution in [0.5, 0.6) is 5.88 Å². The lowest BCUT2D eigenvalue weighted by atomic mass is 9.96. The van der Waals surface area contributed by atoms with Crippen molar-refractivity contribution in [1.29, 1.82) is 0 Å². The first-order chi connectivity index (χ1) is 10.9. The van der Waals surface area contributed by atoms with Crippen LogP contribution >= 0.6 is 0 Å². The van der Waals surface area contributed by atoms with E-state index in [1.54, 1.807) is 4.57 Å². The van der Waals surface area contributed by atoms with Gasteiger partial charge in [0.1, 0.15) is 12.4 Å². The molecule has 0 atom stereocenters. The molecule has 5 nitrogen and oxygen atoms in total. The van der Waals surface area contributed by atoms with Crippen molar-refractivity contribution >= 4 is 5.82 Å². The highest BCUT2D eigenvalue weighted by Crippen LogP contribution is 2.31. The van der Waals surface area contributed by atoms with E-state index in [-0.39, 0.29) is 11.2 Å². The minimum atomic E-state index is -0.246. The van der Waals surface area contributed by atoms with Crippen LogP contribution in [-0.2, 0) is 13.2 Å². The maximum atomic E-state index is 12.3. The fraction of sp³-hybridized carbons (Fsp3) is 0.444. The molecule has 5 heteroatoms. The van der Waals surface area contributed by atoms with Gasteiger partial charge in [0.2, 0.25) is 5.88 Å². The summed E-state index contributed by atoms with van der Waals surface area (Å²) in [5.74, 6) is 1.24. The van der Waals surface area contributed by atoms with E-state index in [9.17, 15) is 4.79 Å². The predicted molar refractivity (Wildman–Crippen MR) is 91.1 cm³/mol. The number of hydrogen-bond donors (Lipinski definition) is 0. The molecule has 0 aliphatic carbocycles. The first-order valence-corrected chi connectivity index (χ1v) is 7.91. The van der Waals surface area contributed by atoms with E-state index < -0.39 is 0 Å². The molecule has 0 spiro atoms. The molecule has 0 bridgehead atoms. The van der Waals surface area contributed by atoms with Crippen molar-refractivity contribution in [3.05, 3.63) is 51.9 Å². The molecule has 0 fully saturated rings. The van der Waals surface area contributed by atoms with Gasteiger partial charge in [-0.1, -0.05) is 29.8 Å². The zero-order valence-electron chi connectivity index (χ0n) is 14.2. The molecule has 1 aliphatic rings. The Morgan fingerprint density at radius 3 is 2.83 bits per heavy atom. The highest BCUT2D eigenvalue weighted by molar-refractivity contribution is 5.45. The minimum absolute atomic E-state index is 0.0155. The third-order valence-corrected chi connectivity index (χ3v) is 4.63. The molecule has 3 rings (SSSR count). The Balaban J connectivity index is 1.86. The van der Waals surface area contributed by atoms with Crippen LogP contribution in [-0.4, -0.2) is 22.1 Å². The summed E-state index contributed by atoms with van der Waals surface area (Å²) in [5.41, 5.74) is 2.02. The van der Waals surface area contributed by atoms with Crippen LogP contribution in [0.15, 0.2) is 35.1 Å². The number of fused-ring (bicyclic) bond motifs is 1. The Morgan fingerprint density at radius 2 is 2.09 bits per heavy atom. The number of ether oxygens (including phenoxy) is 1. The van der Waals surface area contributed by atoms with Crippen molar-refractivity contribution in [2.45, 2.75) is 45.9 Å². The van der Waals surface area contributed by atoms with Gasteiger partial charge in [-0.3, -0.25) is 4.57 Å². The molecule has 1 aliphatic heterocycles. The molecule has 0 radical (unpaired) electrons. The Kier molecular flexibility index (Phi) is 3.88. The highest BCUT2D eigenvalue weighted by Gasteiger charge is 2.31. The van der Waals surface area contributed by atoms with Crippen LogP contribution in [0, 0.1) is 6.92 Å². The molecule has 1 aromatic heterocycles. The molecule has 0 amide bonds. The monoisotopic (exact) mass is 313 g/mol. The van der Waals surface area contributed by atoms with Gasteiger partial charge >= 0.3 is 5.69 Å². The normalized spacial score (nSPS) is 16.1. The summed E-state index contributed by atoms with van der Waals surface area (Å²) in [6.07, 6.45) is 0.918. The van der Waals surface area contributed by atoms with Crippen molar-refractivity contribution in [2.24, 2.45) is 0 Å². The molecule has 0 saturated heterocycles. The molecule has 0 saturated carbocycles. The summed E-state index contributed by atoms with van der Waals surface area (Å²) < 4.78 is 7.47. The van der Waals surface area contributed by atoms with Crippen molar-refractivity contribution in [1.82, 2.24) is 9.55 Å². The van der Waals surface area contributed by atoms with Gasteiger partial charge in [-0.25, -0.2) is 4.79 Å². The Hall–Kier alpha value is -2.30. The van der Waals surface area contributed by atoms with Gasteiger partial charge in [0.05, 0.1) is 0 Å². The van der Waals surface area contributed by atoms with E-state index in [4.69, 9.17) is 4.74 Å². The third kappa shape index (κ3) is 3.09. The van der Waals surface area contributed by atoms with E-state index in [0.717, 1.165) is 17.8 Å². The number of anilines is 1. The maximum absolute atomic E-state index is 12.3. The average Bonchev–Trinajstić information content (AvgIpc) is 2.49. The summed E-state index contributed by atoms with van der Waals surface area (Å²) in [7, 11) is 2.01. The van der Waals surface area contributed by atoms with Gasteiger partial charge in [-0.15, -0.1) is 0 Å². The van der Waals surface area contributed by atoms with Crippen LogP contribution < -0.4 is 15.3 Å². The zero-order chi connectivity index (χ0) is 16.6. The SMILES string of the molecule is Cc1cccc(COc2cc3n(c(=O)n2)CCC(C)(C)N3C)c1. The molecule has 2 heterocycles. The van der Waals surface area contributed by atoms with Crippen LogP contribution in [0.3, 0.4) is 0 Å². The number of benzene rings is 1.